The first kappa shape index (κ1) is 16.7. The number of fused-ring (bicyclic) bond motifs is 5. The first-order valence-corrected chi connectivity index (χ1v) is 8.85. The highest BCUT2D eigenvalue weighted by Gasteiger charge is 2.38. The van der Waals surface area contributed by atoms with Gasteiger partial charge in [-0.25, -0.2) is 4.79 Å². The van der Waals surface area contributed by atoms with Crippen molar-refractivity contribution in [3.63, 3.8) is 0 Å². The highest BCUT2D eigenvalue weighted by atomic mass is 16.7. The summed E-state index contributed by atoms with van der Waals surface area (Å²) >= 11 is 0. The number of carboxylic acid groups (broad SMARTS) is 1. The van der Waals surface area contributed by atoms with Crippen LogP contribution < -0.4 is 23.5 Å². The molecule has 1 N–H and O–H groups in total. The molecule has 0 aliphatic carbocycles. The topological polar surface area (TPSA) is 78.1 Å². The van der Waals surface area contributed by atoms with Crippen LogP contribution in [-0.4, -0.2) is 32.1 Å². The molecular formula is C21H18NO6+. The quantitative estimate of drug-likeness (QED) is 0.704. The van der Waals surface area contributed by atoms with E-state index >= 15 is 0 Å². The molecule has 0 radical (unpaired) electrons. The van der Waals surface area contributed by atoms with Crippen molar-refractivity contribution >= 4 is 16.7 Å². The van der Waals surface area contributed by atoms with Crippen LogP contribution in [0.1, 0.15) is 11.6 Å². The zero-order valence-corrected chi connectivity index (χ0v) is 15.4. The van der Waals surface area contributed by atoms with Gasteiger partial charge < -0.3 is 24.1 Å². The fourth-order valence-electron chi connectivity index (χ4n) is 3.97. The summed E-state index contributed by atoms with van der Waals surface area (Å²) in [6, 6.07) is 8.83. The fraction of sp³-hybridized carbons (Fsp3) is 0.238. The molecule has 0 spiro atoms. The van der Waals surface area contributed by atoms with Crippen LogP contribution in [0.25, 0.3) is 22.0 Å². The smallest absolute Gasteiger partial charge is 0.373 e. The second kappa shape index (κ2) is 6.02. The monoisotopic (exact) mass is 380 g/mol. The van der Waals surface area contributed by atoms with Crippen molar-refractivity contribution in [2.45, 2.75) is 12.5 Å². The number of aromatic nitrogens is 1. The lowest BCUT2D eigenvalue weighted by atomic mass is 9.91. The number of benzene rings is 2. The Balaban J connectivity index is 1.79. The Hall–Kier alpha value is -3.48. The molecule has 3 heterocycles. The van der Waals surface area contributed by atoms with Crippen LogP contribution in [0, 0.1) is 0 Å². The summed E-state index contributed by atoms with van der Waals surface area (Å²) < 4.78 is 23.6. The largest absolute Gasteiger partial charge is 0.493 e. The number of aliphatic carboxylic acids is 1. The van der Waals surface area contributed by atoms with E-state index in [9.17, 15) is 9.90 Å². The molecule has 0 bridgehead atoms. The summed E-state index contributed by atoms with van der Waals surface area (Å²) in [5.74, 6) is 1.67. The van der Waals surface area contributed by atoms with Crippen LogP contribution >= 0.6 is 0 Å². The lowest BCUT2D eigenvalue weighted by molar-refractivity contribution is -0.700. The number of pyridine rings is 1. The highest BCUT2D eigenvalue weighted by Crippen LogP contribution is 2.42. The average Bonchev–Trinajstić information content (AvgIpc) is 3.16. The van der Waals surface area contributed by atoms with Gasteiger partial charge in [0.15, 0.2) is 29.2 Å². The van der Waals surface area contributed by atoms with E-state index in [1.807, 2.05) is 36.5 Å². The molecule has 1 unspecified atom stereocenters. The molecule has 1 aromatic heterocycles. The van der Waals surface area contributed by atoms with Crippen LogP contribution in [0.2, 0.25) is 0 Å². The standard InChI is InChI=1S/C21H17NO6/c1-25-17-5-11-3-15-14-8-20-19(27-10-28-20)6-12(14)4-16(21(23)24)22(15)9-13(11)7-18(17)26-2/h3,5-9,16H,4,10H2,1-2H3/p+1. The van der Waals surface area contributed by atoms with Gasteiger partial charge in [0.2, 0.25) is 12.5 Å². The molecular weight excluding hydrogens is 362 g/mol. The Morgan fingerprint density at radius 1 is 1.04 bits per heavy atom. The van der Waals surface area contributed by atoms with Crippen molar-refractivity contribution in [1.29, 1.82) is 0 Å². The minimum Gasteiger partial charge on any atom is -0.493 e. The molecule has 2 aromatic carbocycles. The van der Waals surface area contributed by atoms with Crippen molar-refractivity contribution in [2.75, 3.05) is 21.0 Å². The Labute approximate surface area is 160 Å². The van der Waals surface area contributed by atoms with E-state index in [2.05, 4.69) is 0 Å². The summed E-state index contributed by atoms with van der Waals surface area (Å²) in [5.41, 5.74) is 2.68. The number of methoxy groups -OCH3 is 2. The summed E-state index contributed by atoms with van der Waals surface area (Å²) in [7, 11) is 3.17. The maximum Gasteiger partial charge on any atom is 0.373 e. The van der Waals surface area contributed by atoms with E-state index in [0.29, 0.717) is 29.4 Å². The van der Waals surface area contributed by atoms with Gasteiger partial charge in [0.05, 0.1) is 19.8 Å². The maximum atomic E-state index is 12.0. The van der Waals surface area contributed by atoms with Crippen LogP contribution in [0.5, 0.6) is 23.0 Å². The summed E-state index contributed by atoms with van der Waals surface area (Å²) in [6.07, 6.45) is 2.23. The average molecular weight is 380 g/mol. The van der Waals surface area contributed by atoms with E-state index in [1.165, 1.54) is 0 Å². The zero-order valence-electron chi connectivity index (χ0n) is 15.4. The molecule has 7 nitrogen and oxygen atoms in total. The SMILES string of the molecule is COc1cc2cc3[n+](cc2cc1OC)C(C(=O)O)Cc1cc2c(cc1-3)OCO2. The Morgan fingerprint density at radius 3 is 2.39 bits per heavy atom. The van der Waals surface area contributed by atoms with E-state index in [0.717, 1.165) is 27.6 Å². The van der Waals surface area contributed by atoms with Crippen LogP contribution in [-0.2, 0) is 11.2 Å². The Bertz CT molecular complexity index is 1140. The molecule has 142 valence electrons. The molecule has 0 fully saturated rings. The van der Waals surface area contributed by atoms with Gasteiger partial charge in [0, 0.05) is 17.9 Å². The van der Waals surface area contributed by atoms with Crippen LogP contribution in [0.15, 0.2) is 36.5 Å². The van der Waals surface area contributed by atoms with Gasteiger partial charge >= 0.3 is 5.97 Å². The molecule has 0 saturated heterocycles. The van der Waals surface area contributed by atoms with Crippen LogP contribution in [0.4, 0.5) is 0 Å². The second-order valence-electron chi connectivity index (χ2n) is 6.82. The molecule has 2 aliphatic rings. The number of nitrogens with zero attached hydrogens (tertiary/aromatic N) is 1. The molecule has 7 heteroatoms. The third kappa shape index (κ3) is 2.36. The first-order chi connectivity index (χ1) is 13.6. The number of hydrogen-bond donors (Lipinski definition) is 1. The molecule has 0 amide bonds. The fourth-order valence-corrected chi connectivity index (χ4v) is 3.97. The van der Waals surface area contributed by atoms with Gasteiger partial charge in [-0.15, -0.1) is 0 Å². The third-order valence-electron chi connectivity index (χ3n) is 5.35. The highest BCUT2D eigenvalue weighted by molar-refractivity contribution is 5.88. The predicted molar refractivity (Wildman–Crippen MR) is 99.2 cm³/mol. The minimum absolute atomic E-state index is 0.176. The van der Waals surface area contributed by atoms with Gasteiger partial charge in [-0.05, 0) is 35.2 Å². The van der Waals surface area contributed by atoms with Crippen molar-refractivity contribution in [3.8, 4) is 34.3 Å². The number of carboxylic acids is 1. The van der Waals surface area contributed by atoms with Crippen molar-refractivity contribution < 1.29 is 33.4 Å². The molecule has 28 heavy (non-hydrogen) atoms. The molecule has 0 saturated carbocycles. The summed E-state index contributed by atoms with van der Waals surface area (Å²) in [4.78, 5) is 12.0. The lowest BCUT2D eigenvalue weighted by Crippen LogP contribution is -2.49. The summed E-state index contributed by atoms with van der Waals surface area (Å²) in [6.45, 7) is 0.176. The van der Waals surface area contributed by atoms with Crippen molar-refractivity contribution in [2.24, 2.45) is 0 Å². The van der Waals surface area contributed by atoms with E-state index in [1.54, 1.807) is 18.8 Å². The van der Waals surface area contributed by atoms with E-state index in [4.69, 9.17) is 18.9 Å². The van der Waals surface area contributed by atoms with E-state index in [-0.39, 0.29) is 6.79 Å². The van der Waals surface area contributed by atoms with Gasteiger partial charge in [0.25, 0.3) is 6.04 Å². The normalized spacial score (nSPS) is 16.4. The van der Waals surface area contributed by atoms with Crippen molar-refractivity contribution in [1.82, 2.24) is 0 Å². The van der Waals surface area contributed by atoms with Gasteiger partial charge in [-0.1, -0.05) is 0 Å². The lowest BCUT2D eigenvalue weighted by Gasteiger charge is -2.21. The molecule has 5 rings (SSSR count). The number of ether oxygens (including phenoxy) is 4. The summed E-state index contributed by atoms with van der Waals surface area (Å²) in [5, 5.41) is 11.6. The second-order valence-corrected chi connectivity index (χ2v) is 6.82. The first-order valence-electron chi connectivity index (χ1n) is 8.85. The van der Waals surface area contributed by atoms with Gasteiger partial charge in [0.1, 0.15) is 0 Å². The predicted octanol–water partition coefficient (Wildman–Crippen LogP) is 2.72. The van der Waals surface area contributed by atoms with Gasteiger partial charge in [-0.2, -0.15) is 4.57 Å². The molecule has 2 aliphatic heterocycles. The van der Waals surface area contributed by atoms with E-state index < -0.39 is 12.0 Å². The minimum atomic E-state index is -0.880. The Morgan fingerprint density at radius 2 is 1.71 bits per heavy atom. The third-order valence-corrected chi connectivity index (χ3v) is 5.35. The number of rotatable bonds is 3. The van der Waals surface area contributed by atoms with Crippen molar-refractivity contribution in [3.05, 3.63) is 42.1 Å². The van der Waals surface area contributed by atoms with Gasteiger partial charge in [-0.3, -0.25) is 0 Å². The zero-order chi connectivity index (χ0) is 19.4. The number of hydrogen-bond acceptors (Lipinski definition) is 5. The Kier molecular flexibility index (Phi) is 3.58. The molecule has 1 atom stereocenters. The number of carbonyl (C=O) groups is 1. The molecule has 3 aromatic rings. The maximum absolute atomic E-state index is 12.0. The van der Waals surface area contributed by atoms with Crippen LogP contribution in [0.3, 0.4) is 0 Å².